The Morgan fingerprint density at radius 3 is 2.74 bits per heavy atom. The summed E-state index contributed by atoms with van der Waals surface area (Å²) in [5.74, 6) is 0.600. The first-order valence-electron chi connectivity index (χ1n) is 6.50. The third-order valence-electron chi connectivity index (χ3n) is 2.58. The first-order valence-corrected chi connectivity index (χ1v) is 7.98. The minimum Gasteiger partial charge on any atom is -0.447 e. The molecular formula is C12H22N2O4S. The van der Waals surface area contributed by atoms with Crippen LogP contribution in [-0.4, -0.2) is 33.2 Å². The van der Waals surface area contributed by atoms with Gasteiger partial charge in [0.2, 0.25) is 5.09 Å². The number of hydrogen-bond acceptors (Lipinski definition) is 5. The molecule has 1 heterocycles. The van der Waals surface area contributed by atoms with Crippen LogP contribution in [0.15, 0.2) is 21.6 Å². The highest BCUT2D eigenvalue weighted by atomic mass is 32.2. The van der Waals surface area contributed by atoms with E-state index in [2.05, 4.69) is 10.0 Å². The van der Waals surface area contributed by atoms with Crippen LogP contribution in [0.25, 0.3) is 0 Å². The van der Waals surface area contributed by atoms with Crippen LogP contribution in [0.2, 0.25) is 0 Å². The molecule has 0 aliphatic heterocycles. The van der Waals surface area contributed by atoms with Gasteiger partial charge in [-0.2, -0.15) is 0 Å². The monoisotopic (exact) mass is 290 g/mol. The summed E-state index contributed by atoms with van der Waals surface area (Å²) >= 11 is 0. The molecule has 19 heavy (non-hydrogen) atoms. The van der Waals surface area contributed by atoms with Gasteiger partial charge in [-0.1, -0.05) is 6.92 Å². The average Bonchev–Trinajstić information content (AvgIpc) is 2.85. The van der Waals surface area contributed by atoms with Crippen molar-refractivity contribution in [1.82, 2.24) is 10.0 Å². The second kappa shape index (κ2) is 8.31. The second-order valence-corrected chi connectivity index (χ2v) is 5.88. The van der Waals surface area contributed by atoms with Crippen LogP contribution < -0.4 is 10.0 Å². The molecular weight excluding hydrogens is 268 g/mol. The van der Waals surface area contributed by atoms with Crippen LogP contribution in [-0.2, 0) is 16.6 Å². The summed E-state index contributed by atoms with van der Waals surface area (Å²) in [6, 6.07) is 3.12. The molecule has 0 saturated heterocycles. The molecule has 0 bridgehead atoms. The number of unbranched alkanes of at least 4 members (excludes halogenated alkanes) is 2. The zero-order chi connectivity index (χ0) is 14.1. The van der Waals surface area contributed by atoms with E-state index in [1.165, 1.54) is 6.07 Å². The number of nitrogens with one attached hydrogen (secondary N) is 2. The van der Waals surface area contributed by atoms with Gasteiger partial charge in [0.25, 0.3) is 10.0 Å². The molecule has 0 aliphatic rings. The van der Waals surface area contributed by atoms with Crippen molar-refractivity contribution >= 4 is 10.0 Å². The van der Waals surface area contributed by atoms with Crippen LogP contribution >= 0.6 is 0 Å². The summed E-state index contributed by atoms with van der Waals surface area (Å²) in [6.07, 6.45) is 2.18. The fourth-order valence-corrected chi connectivity index (χ4v) is 2.56. The standard InChI is InChI=1S/C12H22N2O4S/c1-2-13-10-11-6-7-12(18-11)19(16,17)14-8-4-3-5-9-15/h6-7,13-15H,2-5,8-10H2,1H3. The van der Waals surface area contributed by atoms with Crippen molar-refractivity contribution in [2.45, 2.75) is 37.8 Å². The Balaban J connectivity index is 2.45. The van der Waals surface area contributed by atoms with Crippen LogP contribution in [0.4, 0.5) is 0 Å². The van der Waals surface area contributed by atoms with Gasteiger partial charge in [0.1, 0.15) is 5.76 Å². The second-order valence-electron chi connectivity index (χ2n) is 4.18. The molecule has 0 saturated carbocycles. The molecule has 3 N–H and O–H groups in total. The Morgan fingerprint density at radius 2 is 2.05 bits per heavy atom. The van der Waals surface area contributed by atoms with Crippen molar-refractivity contribution in [1.29, 1.82) is 0 Å². The van der Waals surface area contributed by atoms with E-state index in [1.807, 2.05) is 6.92 Å². The molecule has 0 radical (unpaired) electrons. The maximum atomic E-state index is 11.9. The van der Waals surface area contributed by atoms with Crippen LogP contribution in [0.3, 0.4) is 0 Å². The Bertz CT molecular complexity index is 456. The number of hydrogen-bond donors (Lipinski definition) is 3. The lowest BCUT2D eigenvalue weighted by Crippen LogP contribution is -2.24. The van der Waals surface area contributed by atoms with Crippen molar-refractivity contribution in [2.24, 2.45) is 0 Å². The molecule has 0 aromatic carbocycles. The summed E-state index contributed by atoms with van der Waals surface area (Å²) in [7, 11) is -3.56. The summed E-state index contributed by atoms with van der Waals surface area (Å²) in [5.41, 5.74) is 0. The van der Waals surface area contributed by atoms with Gasteiger partial charge < -0.3 is 14.8 Å². The summed E-state index contributed by atoms with van der Waals surface area (Å²) in [4.78, 5) is 0. The van der Waals surface area contributed by atoms with E-state index in [4.69, 9.17) is 9.52 Å². The number of aliphatic hydroxyl groups excluding tert-OH is 1. The number of sulfonamides is 1. The van der Waals surface area contributed by atoms with Crippen molar-refractivity contribution in [3.8, 4) is 0 Å². The lowest BCUT2D eigenvalue weighted by molar-refractivity contribution is 0.283. The predicted molar refractivity (Wildman–Crippen MR) is 72.2 cm³/mol. The van der Waals surface area contributed by atoms with Gasteiger partial charge >= 0.3 is 0 Å². The molecule has 7 heteroatoms. The van der Waals surface area contributed by atoms with Crippen LogP contribution in [0.1, 0.15) is 31.9 Å². The molecule has 0 aliphatic carbocycles. The molecule has 1 aromatic heterocycles. The highest BCUT2D eigenvalue weighted by molar-refractivity contribution is 7.89. The molecule has 0 spiro atoms. The van der Waals surface area contributed by atoms with Gasteiger partial charge in [-0.05, 0) is 37.9 Å². The summed E-state index contributed by atoms with van der Waals surface area (Å²) in [6.45, 7) is 3.77. The summed E-state index contributed by atoms with van der Waals surface area (Å²) in [5, 5.41) is 11.6. The van der Waals surface area contributed by atoms with Crippen LogP contribution in [0, 0.1) is 0 Å². The van der Waals surface area contributed by atoms with E-state index in [9.17, 15) is 8.42 Å². The maximum absolute atomic E-state index is 11.9. The van der Waals surface area contributed by atoms with Gasteiger partial charge in [0, 0.05) is 13.2 Å². The number of furan rings is 1. The van der Waals surface area contributed by atoms with Gasteiger partial charge in [0.05, 0.1) is 6.54 Å². The number of aliphatic hydroxyl groups is 1. The van der Waals surface area contributed by atoms with Crippen molar-refractivity contribution in [2.75, 3.05) is 19.7 Å². The number of rotatable bonds is 10. The van der Waals surface area contributed by atoms with Crippen molar-refractivity contribution in [3.63, 3.8) is 0 Å². The Kier molecular flexibility index (Phi) is 7.07. The zero-order valence-corrected chi connectivity index (χ0v) is 12.0. The lowest BCUT2D eigenvalue weighted by atomic mass is 10.2. The molecule has 1 rings (SSSR count). The maximum Gasteiger partial charge on any atom is 0.273 e. The van der Waals surface area contributed by atoms with Crippen molar-refractivity contribution in [3.05, 3.63) is 17.9 Å². The molecule has 0 fully saturated rings. The van der Waals surface area contributed by atoms with Gasteiger partial charge in [-0.25, -0.2) is 13.1 Å². The average molecular weight is 290 g/mol. The lowest BCUT2D eigenvalue weighted by Gasteiger charge is -2.03. The smallest absolute Gasteiger partial charge is 0.273 e. The fourth-order valence-electron chi connectivity index (χ4n) is 1.54. The normalized spacial score (nSPS) is 11.9. The van der Waals surface area contributed by atoms with Gasteiger partial charge in [0.15, 0.2) is 0 Å². The van der Waals surface area contributed by atoms with Crippen LogP contribution in [0.5, 0.6) is 0 Å². The third-order valence-corrected chi connectivity index (χ3v) is 3.91. The summed E-state index contributed by atoms with van der Waals surface area (Å²) < 4.78 is 31.5. The molecule has 6 nitrogen and oxygen atoms in total. The van der Waals surface area contributed by atoms with E-state index in [1.54, 1.807) is 6.07 Å². The quantitative estimate of drug-likeness (QED) is 0.555. The van der Waals surface area contributed by atoms with E-state index in [0.717, 1.165) is 13.0 Å². The fraction of sp³-hybridized carbons (Fsp3) is 0.667. The topological polar surface area (TPSA) is 91.6 Å². The highest BCUT2D eigenvalue weighted by Crippen LogP contribution is 2.13. The molecule has 0 amide bonds. The molecule has 110 valence electrons. The zero-order valence-electron chi connectivity index (χ0n) is 11.2. The largest absolute Gasteiger partial charge is 0.447 e. The Labute approximate surface area is 114 Å². The SMILES string of the molecule is CCNCc1ccc(S(=O)(=O)NCCCCCO)o1. The van der Waals surface area contributed by atoms with Gasteiger partial charge in [-0.3, -0.25) is 0 Å². The molecule has 0 unspecified atom stereocenters. The first-order chi connectivity index (χ1) is 9.10. The van der Waals surface area contributed by atoms with Gasteiger partial charge in [-0.15, -0.1) is 0 Å². The van der Waals surface area contributed by atoms with E-state index in [0.29, 0.717) is 31.7 Å². The third kappa shape index (κ3) is 5.73. The highest BCUT2D eigenvalue weighted by Gasteiger charge is 2.17. The van der Waals surface area contributed by atoms with E-state index >= 15 is 0 Å². The van der Waals surface area contributed by atoms with Crippen molar-refractivity contribution < 1.29 is 17.9 Å². The minimum atomic E-state index is -3.56. The first kappa shape index (κ1) is 16.2. The predicted octanol–water partition coefficient (Wildman–Crippen LogP) is 0.830. The Hall–Kier alpha value is -0.890. The Morgan fingerprint density at radius 1 is 1.26 bits per heavy atom. The molecule has 0 atom stereocenters. The minimum absolute atomic E-state index is 0.0532. The molecule has 1 aromatic rings. The van der Waals surface area contributed by atoms with E-state index in [-0.39, 0.29) is 11.7 Å². The van der Waals surface area contributed by atoms with E-state index < -0.39 is 10.0 Å².